The Kier molecular flexibility index (Phi) is 5.84. The molecule has 31 heavy (non-hydrogen) atoms. The number of para-hydroxylation sites is 2. The van der Waals surface area contributed by atoms with Gasteiger partial charge in [0, 0.05) is 35.8 Å². The molecule has 2 aromatic heterocycles. The lowest BCUT2D eigenvalue weighted by Gasteiger charge is -2.09. The molecule has 4 aromatic rings. The number of pyridine rings is 1. The highest BCUT2D eigenvalue weighted by molar-refractivity contribution is 6.05. The fraction of sp³-hybridized carbons (Fsp3) is 0.0833. The number of hydrogen-bond acceptors (Lipinski definition) is 6. The first kappa shape index (κ1) is 20.0. The molecule has 0 unspecified atom stereocenters. The van der Waals surface area contributed by atoms with E-state index < -0.39 is 0 Å². The maximum Gasteiger partial charge on any atom is 0.255 e. The molecule has 0 fully saturated rings. The molecule has 7 nitrogen and oxygen atoms in total. The van der Waals surface area contributed by atoms with Gasteiger partial charge in [0.2, 0.25) is 5.95 Å². The number of amides is 1. The average Bonchev–Trinajstić information content (AvgIpc) is 2.80. The van der Waals surface area contributed by atoms with Crippen LogP contribution in [0.5, 0.6) is 0 Å². The first-order chi connectivity index (χ1) is 15.1. The molecular formula is C24H22N6O. The van der Waals surface area contributed by atoms with Gasteiger partial charge in [-0.3, -0.25) is 9.78 Å². The number of rotatable bonds is 6. The highest BCUT2D eigenvalue weighted by Crippen LogP contribution is 2.19. The number of anilines is 3. The predicted octanol–water partition coefficient (Wildman–Crippen LogP) is 4.29. The van der Waals surface area contributed by atoms with Crippen LogP contribution in [0.4, 0.5) is 17.3 Å². The summed E-state index contributed by atoms with van der Waals surface area (Å²) in [6, 6.07) is 20.3. The van der Waals surface area contributed by atoms with Crippen LogP contribution in [0.25, 0.3) is 11.3 Å². The largest absolute Gasteiger partial charge is 0.397 e. The summed E-state index contributed by atoms with van der Waals surface area (Å²) in [6.45, 7) is 2.48. The molecule has 0 aliphatic heterocycles. The highest BCUT2D eigenvalue weighted by atomic mass is 16.1. The molecule has 0 saturated carbocycles. The van der Waals surface area contributed by atoms with Crippen LogP contribution in [0, 0.1) is 6.92 Å². The van der Waals surface area contributed by atoms with Crippen molar-refractivity contribution in [1.29, 1.82) is 0 Å². The zero-order valence-electron chi connectivity index (χ0n) is 17.0. The predicted molar refractivity (Wildman–Crippen MR) is 123 cm³/mol. The van der Waals surface area contributed by atoms with Crippen molar-refractivity contribution in [3.05, 3.63) is 95.9 Å². The summed E-state index contributed by atoms with van der Waals surface area (Å²) in [5, 5.41) is 6.04. The Labute approximate surface area is 180 Å². The zero-order valence-corrected chi connectivity index (χ0v) is 17.0. The van der Waals surface area contributed by atoms with E-state index in [1.54, 1.807) is 36.7 Å². The number of nitrogens with one attached hydrogen (secondary N) is 2. The quantitative estimate of drug-likeness (QED) is 0.409. The molecule has 0 saturated heterocycles. The SMILES string of the molecule is Cc1ccc(-c2ccnc(NCc3ccc(C(=O)Nc4ccccc4N)cc3)n2)cn1. The summed E-state index contributed by atoms with van der Waals surface area (Å²) in [6.07, 6.45) is 3.52. The minimum absolute atomic E-state index is 0.208. The molecule has 0 spiro atoms. The lowest BCUT2D eigenvalue weighted by Crippen LogP contribution is -2.13. The third-order valence-electron chi connectivity index (χ3n) is 4.74. The number of carbonyl (C=O) groups is 1. The van der Waals surface area contributed by atoms with E-state index in [4.69, 9.17) is 5.73 Å². The molecule has 0 aliphatic rings. The van der Waals surface area contributed by atoms with Crippen LogP contribution in [0.15, 0.2) is 79.1 Å². The number of carbonyl (C=O) groups excluding carboxylic acids is 1. The molecule has 7 heteroatoms. The number of nitrogens with zero attached hydrogens (tertiary/aromatic N) is 3. The number of hydrogen-bond donors (Lipinski definition) is 3. The van der Waals surface area contributed by atoms with Crippen molar-refractivity contribution in [1.82, 2.24) is 15.0 Å². The standard InChI is InChI=1S/C24H22N6O/c1-16-6-9-19(15-27-16)21-12-13-26-24(30-21)28-14-17-7-10-18(11-8-17)23(31)29-22-5-3-2-4-20(22)25/h2-13,15H,14,25H2,1H3,(H,29,31)(H,26,28,30). The Balaban J connectivity index is 1.38. The van der Waals surface area contributed by atoms with Crippen LogP contribution in [0.3, 0.4) is 0 Å². The summed E-state index contributed by atoms with van der Waals surface area (Å²) in [4.78, 5) is 25.6. The van der Waals surface area contributed by atoms with Gasteiger partial charge in [-0.15, -0.1) is 0 Å². The third-order valence-corrected chi connectivity index (χ3v) is 4.74. The van der Waals surface area contributed by atoms with Gasteiger partial charge in [0.1, 0.15) is 0 Å². The fourth-order valence-corrected chi connectivity index (χ4v) is 2.98. The van der Waals surface area contributed by atoms with E-state index in [-0.39, 0.29) is 5.91 Å². The van der Waals surface area contributed by atoms with Crippen molar-refractivity contribution < 1.29 is 4.79 Å². The lowest BCUT2D eigenvalue weighted by atomic mass is 10.1. The third kappa shape index (κ3) is 5.02. The van der Waals surface area contributed by atoms with Gasteiger partial charge < -0.3 is 16.4 Å². The van der Waals surface area contributed by atoms with Crippen molar-refractivity contribution in [3.8, 4) is 11.3 Å². The van der Waals surface area contributed by atoms with Gasteiger partial charge in [-0.05, 0) is 55.0 Å². The normalized spacial score (nSPS) is 10.5. The maximum atomic E-state index is 12.4. The van der Waals surface area contributed by atoms with Crippen LogP contribution < -0.4 is 16.4 Å². The van der Waals surface area contributed by atoms with Gasteiger partial charge in [0.25, 0.3) is 5.91 Å². The molecule has 4 N–H and O–H groups in total. The lowest BCUT2D eigenvalue weighted by molar-refractivity contribution is 0.102. The van der Waals surface area contributed by atoms with Gasteiger partial charge in [0.05, 0.1) is 17.1 Å². The molecule has 0 aliphatic carbocycles. The molecule has 0 bridgehead atoms. The van der Waals surface area contributed by atoms with E-state index in [1.165, 1.54) is 0 Å². The first-order valence-corrected chi connectivity index (χ1v) is 9.83. The number of aromatic nitrogens is 3. The summed E-state index contributed by atoms with van der Waals surface area (Å²) in [7, 11) is 0. The van der Waals surface area contributed by atoms with E-state index >= 15 is 0 Å². The molecule has 0 atom stereocenters. The molecule has 4 rings (SSSR count). The maximum absolute atomic E-state index is 12.4. The molecule has 154 valence electrons. The Morgan fingerprint density at radius 2 is 1.77 bits per heavy atom. The molecule has 0 radical (unpaired) electrons. The smallest absolute Gasteiger partial charge is 0.255 e. The molecular weight excluding hydrogens is 388 g/mol. The van der Waals surface area contributed by atoms with Crippen molar-refractivity contribution in [2.45, 2.75) is 13.5 Å². The topological polar surface area (TPSA) is 106 Å². The minimum atomic E-state index is -0.208. The van der Waals surface area contributed by atoms with Crippen LogP contribution in [0.1, 0.15) is 21.6 Å². The van der Waals surface area contributed by atoms with Crippen LogP contribution in [-0.4, -0.2) is 20.9 Å². The number of nitrogen functional groups attached to an aromatic ring is 1. The molecule has 2 aromatic carbocycles. The zero-order chi connectivity index (χ0) is 21.6. The van der Waals surface area contributed by atoms with Crippen molar-refractivity contribution in [2.75, 3.05) is 16.4 Å². The van der Waals surface area contributed by atoms with Crippen LogP contribution in [-0.2, 0) is 6.54 Å². The monoisotopic (exact) mass is 410 g/mol. The van der Waals surface area contributed by atoms with Crippen molar-refractivity contribution in [2.24, 2.45) is 0 Å². The molecule has 1 amide bonds. The van der Waals surface area contributed by atoms with Crippen molar-refractivity contribution in [3.63, 3.8) is 0 Å². The second kappa shape index (κ2) is 9.04. The van der Waals surface area contributed by atoms with Gasteiger partial charge >= 0.3 is 0 Å². The second-order valence-electron chi connectivity index (χ2n) is 7.05. The minimum Gasteiger partial charge on any atom is -0.397 e. The van der Waals surface area contributed by atoms with Crippen LogP contribution in [0.2, 0.25) is 0 Å². The first-order valence-electron chi connectivity index (χ1n) is 9.83. The van der Waals surface area contributed by atoms with Crippen LogP contribution >= 0.6 is 0 Å². The van der Waals surface area contributed by atoms with Gasteiger partial charge in [-0.2, -0.15) is 0 Å². The summed E-state index contributed by atoms with van der Waals surface area (Å²) in [5.41, 5.74) is 11.3. The van der Waals surface area contributed by atoms with E-state index in [0.29, 0.717) is 29.4 Å². The Morgan fingerprint density at radius 1 is 0.968 bits per heavy atom. The average molecular weight is 410 g/mol. The molecule has 2 heterocycles. The fourth-order valence-electron chi connectivity index (χ4n) is 2.98. The Morgan fingerprint density at radius 3 is 2.52 bits per heavy atom. The summed E-state index contributed by atoms with van der Waals surface area (Å²) in [5.74, 6) is 0.319. The number of aryl methyl sites for hydroxylation is 1. The summed E-state index contributed by atoms with van der Waals surface area (Å²) >= 11 is 0. The van der Waals surface area contributed by atoms with E-state index in [1.807, 2.05) is 49.4 Å². The summed E-state index contributed by atoms with van der Waals surface area (Å²) < 4.78 is 0. The van der Waals surface area contributed by atoms with E-state index in [0.717, 1.165) is 22.5 Å². The van der Waals surface area contributed by atoms with Gasteiger partial charge in [-0.25, -0.2) is 9.97 Å². The van der Waals surface area contributed by atoms with Gasteiger partial charge in [-0.1, -0.05) is 24.3 Å². The van der Waals surface area contributed by atoms with E-state index in [9.17, 15) is 4.79 Å². The second-order valence-corrected chi connectivity index (χ2v) is 7.05. The van der Waals surface area contributed by atoms with Crippen molar-refractivity contribution >= 4 is 23.2 Å². The number of benzene rings is 2. The number of nitrogens with two attached hydrogens (primary N) is 1. The van der Waals surface area contributed by atoms with Gasteiger partial charge in [0.15, 0.2) is 0 Å². The Hall–Kier alpha value is -4.26. The highest BCUT2D eigenvalue weighted by Gasteiger charge is 2.08. The Bertz CT molecular complexity index is 1190. The van der Waals surface area contributed by atoms with E-state index in [2.05, 4.69) is 25.6 Å².